The quantitative estimate of drug-likeness (QED) is 0.727. The zero-order chi connectivity index (χ0) is 12.0. The number of rotatable bonds is 1. The zero-order valence-corrected chi connectivity index (χ0v) is 11.0. The Morgan fingerprint density at radius 1 is 1.18 bits per heavy atom. The van der Waals surface area contributed by atoms with Gasteiger partial charge in [-0.15, -0.1) is 0 Å². The summed E-state index contributed by atoms with van der Waals surface area (Å²) in [6.07, 6.45) is 6.36. The second kappa shape index (κ2) is 3.90. The summed E-state index contributed by atoms with van der Waals surface area (Å²) in [4.78, 5) is 3.48. The highest BCUT2D eigenvalue weighted by molar-refractivity contribution is 5.87. The van der Waals surface area contributed by atoms with Gasteiger partial charge < -0.3 is 4.98 Å². The topological polar surface area (TPSA) is 15.8 Å². The summed E-state index contributed by atoms with van der Waals surface area (Å²) in [5, 5.41) is 1.46. The van der Waals surface area contributed by atoms with E-state index in [9.17, 15) is 0 Å². The molecule has 0 radical (unpaired) electrons. The van der Waals surface area contributed by atoms with Gasteiger partial charge in [0.15, 0.2) is 0 Å². The van der Waals surface area contributed by atoms with Crippen molar-refractivity contribution in [2.45, 2.75) is 46.0 Å². The fourth-order valence-corrected chi connectivity index (χ4v) is 3.44. The summed E-state index contributed by atoms with van der Waals surface area (Å²) in [5.74, 6) is 1.68. The highest BCUT2D eigenvalue weighted by Crippen LogP contribution is 2.41. The second-order valence-corrected chi connectivity index (χ2v) is 5.86. The van der Waals surface area contributed by atoms with Crippen molar-refractivity contribution in [3.63, 3.8) is 0 Å². The molecule has 0 amide bonds. The van der Waals surface area contributed by atoms with Crippen molar-refractivity contribution in [2.24, 2.45) is 5.92 Å². The fraction of sp³-hybridized carbons (Fsp3) is 0.500. The van der Waals surface area contributed by atoms with Crippen LogP contribution in [0.15, 0.2) is 18.3 Å². The van der Waals surface area contributed by atoms with Crippen LogP contribution in [0.1, 0.15) is 48.8 Å². The van der Waals surface area contributed by atoms with Crippen molar-refractivity contribution >= 4 is 10.9 Å². The Morgan fingerprint density at radius 2 is 2.00 bits per heavy atom. The lowest BCUT2D eigenvalue weighted by molar-refractivity contribution is 0.597. The molecule has 0 bridgehead atoms. The summed E-state index contributed by atoms with van der Waals surface area (Å²) < 4.78 is 0. The van der Waals surface area contributed by atoms with Gasteiger partial charge in [-0.3, -0.25) is 0 Å². The molecule has 0 saturated heterocycles. The third-order valence-corrected chi connectivity index (χ3v) is 4.30. The Hall–Kier alpha value is -1.24. The van der Waals surface area contributed by atoms with Crippen LogP contribution >= 0.6 is 0 Å². The molecule has 0 spiro atoms. The summed E-state index contributed by atoms with van der Waals surface area (Å²) in [6, 6.07) is 4.61. The predicted octanol–water partition coefficient (Wildman–Crippen LogP) is 4.69. The molecule has 1 aliphatic rings. The van der Waals surface area contributed by atoms with E-state index >= 15 is 0 Å². The van der Waals surface area contributed by atoms with Gasteiger partial charge in [0.1, 0.15) is 0 Å². The third kappa shape index (κ3) is 1.78. The zero-order valence-electron chi connectivity index (χ0n) is 11.0. The van der Waals surface area contributed by atoms with Crippen molar-refractivity contribution in [1.82, 2.24) is 4.98 Å². The maximum Gasteiger partial charge on any atom is 0.0486 e. The lowest BCUT2D eigenvalue weighted by Crippen LogP contribution is -1.92. The van der Waals surface area contributed by atoms with Crippen LogP contribution in [0, 0.1) is 19.8 Å². The van der Waals surface area contributed by atoms with Gasteiger partial charge in [0.05, 0.1) is 0 Å². The first-order valence-electron chi connectivity index (χ1n) is 6.73. The molecule has 1 heteroatoms. The Bertz CT molecular complexity index is 550. The molecule has 2 unspecified atom stereocenters. The van der Waals surface area contributed by atoms with Gasteiger partial charge >= 0.3 is 0 Å². The molecular formula is C16H21N. The van der Waals surface area contributed by atoms with Crippen molar-refractivity contribution in [2.75, 3.05) is 0 Å². The maximum atomic E-state index is 3.48. The Labute approximate surface area is 103 Å². The largest absolute Gasteiger partial charge is 0.361 e. The van der Waals surface area contributed by atoms with Gasteiger partial charge in [-0.25, -0.2) is 0 Å². The molecular weight excluding hydrogens is 206 g/mol. The standard InChI is InChI=1S/C16H21N/c1-10-4-5-13(7-10)15-9-17-16-12(3)6-11(2)8-14(15)16/h6,8-10,13,17H,4-5,7H2,1-3H3. The van der Waals surface area contributed by atoms with Crippen LogP contribution < -0.4 is 0 Å². The molecule has 1 fully saturated rings. The molecule has 1 aliphatic carbocycles. The van der Waals surface area contributed by atoms with Crippen LogP contribution in [0.5, 0.6) is 0 Å². The monoisotopic (exact) mass is 227 g/mol. The van der Waals surface area contributed by atoms with Crippen molar-refractivity contribution in [1.29, 1.82) is 0 Å². The first-order valence-corrected chi connectivity index (χ1v) is 6.73. The van der Waals surface area contributed by atoms with E-state index in [1.165, 1.54) is 41.3 Å². The van der Waals surface area contributed by atoms with Gasteiger partial charge in [0, 0.05) is 17.1 Å². The molecule has 1 saturated carbocycles. The van der Waals surface area contributed by atoms with E-state index < -0.39 is 0 Å². The predicted molar refractivity (Wildman–Crippen MR) is 73.5 cm³/mol. The molecule has 90 valence electrons. The fourth-order valence-electron chi connectivity index (χ4n) is 3.44. The van der Waals surface area contributed by atoms with Crippen LogP contribution in [0.2, 0.25) is 0 Å². The van der Waals surface area contributed by atoms with E-state index in [0.29, 0.717) is 0 Å². The highest BCUT2D eigenvalue weighted by Gasteiger charge is 2.25. The van der Waals surface area contributed by atoms with Crippen LogP contribution in [0.3, 0.4) is 0 Å². The van der Waals surface area contributed by atoms with E-state index in [4.69, 9.17) is 0 Å². The smallest absolute Gasteiger partial charge is 0.0486 e. The summed E-state index contributed by atoms with van der Waals surface area (Å²) in [5.41, 5.74) is 5.64. The molecule has 1 aromatic carbocycles. The van der Waals surface area contributed by atoms with Crippen LogP contribution in [0.4, 0.5) is 0 Å². The number of aromatic amines is 1. The highest BCUT2D eigenvalue weighted by atomic mass is 14.7. The molecule has 2 atom stereocenters. The van der Waals surface area contributed by atoms with Crippen molar-refractivity contribution in [3.8, 4) is 0 Å². The van der Waals surface area contributed by atoms with E-state index in [0.717, 1.165) is 11.8 Å². The van der Waals surface area contributed by atoms with E-state index in [1.807, 2.05) is 0 Å². The van der Waals surface area contributed by atoms with Gasteiger partial charge in [-0.1, -0.05) is 25.0 Å². The first-order chi connectivity index (χ1) is 8.15. The number of nitrogens with one attached hydrogen (secondary N) is 1. The molecule has 1 N–H and O–H groups in total. The van der Waals surface area contributed by atoms with Gasteiger partial charge in [-0.05, 0) is 55.7 Å². The number of aromatic nitrogens is 1. The number of aryl methyl sites for hydroxylation is 2. The average molecular weight is 227 g/mol. The van der Waals surface area contributed by atoms with Crippen molar-refractivity contribution < 1.29 is 0 Å². The Morgan fingerprint density at radius 3 is 2.71 bits per heavy atom. The first kappa shape index (κ1) is 10.9. The molecule has 0 aliphatic heterocycles. The summed E-state index contributed by atoms with van der Waals surface area (Å²) in [6.45, 7) is 6.78. The molecule has 1 nitrogen and oxygen atoms in total. The minimum atomic E-state index is 0.778. The maximum absolute atomic E-state index is 3.48. The van der Waals surface area contributed by atoms with Gasteiger partial charge in [-0.2, -0.15) is 0 Å². The number of H-pyrrole nitrogens is 1. The van der Waals surface area contributed by atoms with E-state index in [1.54, 1.807) is 5.56 Å². The Balaban J connectivity index is 2.11. The SMILES string of the molecule is Cc1cc(C)c2[nH]cc(C3CCC(C)C3)c2c1. The minimum Gasteiger partial charge on any atom is -0.361 e. The van der Waals surface area contributed by atoms with Gasteiger partial charge in [0.2, 0.25) is 0 Å². The number of hydrogen-bond acceptors (Lipinski definition) is 0. The number of benzene rings is 1. The molecule has 3 rings (SSSR count). The van der Waals surface area contributed by atoms with E-state index in [-0.39, 0.29) is 0 Å². The molecule has 1 heterocycles. The minimum absolute atomic E-state index is 0.778. The van der Waals surface area contributed by atoms with Crippen molar-refractivity contribution in [3.05, 3.63) is 35.0 Å². The van der Waals surface area contributed by atoms with Gasteiger partial charge in [0.25, 0.3) is 0 Å². The summed E-state index contributed by atoms with van der Waals surface area (Å²) in [7, 11) is 0. The lowest BCUT2D eigenvalue weighted by atomic mass is 9.94. The Kier molecular flexibility index (Phi) is 2.50. The number of fused-ring (bicyclic) bond motifs is 1. The van der Waals surface area contributed by atoms with E-state index in [2.05, 4.69) is 44.1 Å². The average Bonchev–Trinajstić information content (AvgIpc) is 2.83. The number of hydrogen-bond donors (Lipinski definition) is 1. The molecule has 17 heavy (non-hydrogen) atoms. The third-order valence-electron chi connectivity index (χ3n) is 4.30. The second-order valence-electron chi connectivity index (χ2n) is 5.86. The normalized spacial score (nSPS) is 24.6. The molecule has 2 aromatic rings. The van der Waals surface area contributed by atoms with Crippen LogP contribution in [-0.2, 0) is 0 Å². The lowest BCUT2D eigenvalue weighted by Gasteiger charge is -2.09. The molecule has 1 aromatic heterocycles. The van der Waals surface area contributed by atoms with Crippen LogP contribution in [-0.4, -0.2) is 4.98 Å². The van der Waals surface area contributed by atoms with Crippen LogP contribution in [0.25, 0.3) is 10.9 Å². The summed E-state index contributed by atoms with van der Waals surface area (Å²) >= 11 is 0.